The van der Waals surface area contributed by atoms with Crippen molar-refractivity contribution in [2.75, 3.05) is 18.8 Å². The predicted octanol–water partition coefficient (Wildman–Crippen LogP) is 3.65. The highest BCUT2D eigenvalue weighted by Crippen LogP contribution is 2.24. The van der Waals surface area contributed by atoms with Crippen LogP contribution < -0.4 is 5.73 Å². The van der Waals surface area contributed by atoms with E-state index in [1.165, 1.54) is 18.4 Å². The number of rotatable bonds is 6. The van der Waals surface area contributed by atoms with Gasteiger partial charge in [-0.2, -0.15) is 0 Å². The van der Waals surface area contributed by atoms with Crippen molar-refractivity contribution < 1.29 is 0 Å². The highest BCUT2D eigenvalue weighted by Gasteiger charge is 2.08. The average molecular weight is 285 g/mol. The highest BCUT2D eigenvalue weighted by molar-refractivity contribution is 9.10. The summed E-state index contributed by atoms with van der Waals surface area (Å²) in [4.78, 5) is 2.47. The Balaban J connectivity index is 2.72. The van der Waals surface area contributed by atoms with Crippen molar-refractivity contribution in [3.05, 3.63) is 28.2 Å². The molecule has 0 spiro atoms. The van der Waals surface area contributed by atoms with Crippen molar-refractivity contribution in [2.24, 2.45) is 0 Å². The molecular formula is C13H21BrN2. The number of hydrogen-bond donors (Lipinski definition) is 1. The zero-order valence-corrected chi connectivity index (χ0v) is 11.8. The van der Waals surface area contributed by atoms with Crippen LogP contribution in [0.25, 0.3) is 0 Å². The van der Waals surface area contributed by atoms with Crippen LogP contribution in [0.2, 0.25) is 0 Å². The first-order valence-electron chi connectivity index (χ1n) is 5.94. The summed E-state index contributed by atoms with van der Waals surface area (Å²) in [5.41, 5.74) is 7.98. The zero-order valence-electron chi connectivity index (χ0n) is 10.2. The lowest BCUT2D eigenvalue weighted by molar-refractivity contribution is 0.266. The zero-order chi connectivity index (χ0) is 12.0. The maximum absolute atomic E-state index is 5.88. The first-order chi connectivity index (χ1) is 7.69. The third-order valence-electron chi connectivity index (χ3n) is 2.58. The molecule has 90 valence electrons. The predicted molar refractivity (Wildman–Crippen MR) is 74.4 cm³/mol. The Kier molecular flexibility index (Phi) is 5.85. The van der Waals surface area contributed by atoms with Crippen molar-refractivity contribution in [3.63, 3.8) is 0 Å². The van der Waals surface area contributed by atoms with Gasteiger partial charge in [-0.3, -0.25) is 4.90 Å². The molecule has 1 rings (SSSR count). The SMILES string of the molecule is CCCN(CCC)Cc1cccc(N)c1Br. The molecule has 0 fully saturated rings. The molecule has 0 unspecified atom stereocenters. The third-order valence-corrected chi connectivity index (χ3v) is 3.55. The standard InChI is InChI=1S/C13H21BrN2/c1-3-8-16(9-4-2)10-11-6-5-7-12(15)13(11)14/h5-7H,3-4,8-10,15H2,1-2H3. The molecule has 1 aromatic carbocycles. The van der Waals surface area contributed by atoms with E-state index in [2.05, 4.69) is 40.7 Å². The van der Waals surface area contributed by atoms with Crippen LogP contribution in [-0.2, 0) is 6.54 Å². The normalized spacial score (nSPS) is 11.0. The molecule has 0 aliphatic carbocycles. The minimum atomic E-state index is 0.824. The molecular weight excluding hydrogens is 264 g/mol. The van der Waals surface area contributed by atoms with E-state index in [9.17, 15) is 0 Å². The van der Waals surface area contributed by atoms with Gasteiger partial charge in [0.15, 0.2) is 0 Å². The third kappa shape index (κ3) is 3.80. The van der Waals surface area contributed by atoms with E-state index in [1.807, 2.05) is 12.1 Å². The van der Waals surface area contributed by atoms with E-state index in [4.69, 9.17) is 5.73 Å². The first kappa shape index (κ1) is 13.5. The van der Waals surface area contributed by atoms with E-state index < -0.39 is 0 Å². The van der Waals surface area contributed by atoms with Gasteiger partial charge in [-0.1, -0.05) is 26.0 Å². The fourth-order valence-electron chi connectivity index (χ4n) is 1.87. The van der Waals surface area contributed by atoms with Crippen molar-refractivity contribution in [3.8, 4) is 0 Å². The van der Waals surface area contributed by atoms with Gasteiger partial charge in [-0.05, 0) is 53.5 Å². The first-order valence-corrected chi connectivity index (χ1v) is 6.73. The van der Waals surface area contributed by atoms with Crippen LogP contribution in [0.3, 0.4) is 0 Å². The molecule has 2 nitrogen and oxygen atoms in total. The molecule has 0 aliphatic rings. The second kappa shape index (κ2) is 6.92. The molecule has 0 aromatic heterocycles. The molecule has 0 amide bonds. The lowest BCUT2D eigenvalue weighted by atomic mass is 10.2. The number of hydrogen-bond acceptors (Lipinski definition) is 2. The van der Waals surface area contributed by atoms with Gasteiger partial charge in [0.2, 0.25) is 0 Å². The number of nitrogens with two attached hydrogens (primary N) is 1. The van der Waals surface area contributed by atoms with Crippen molar-refractivity contribution >= 4 is 21.6 Å². The molecule has 2 N–H and O–H groups in total. The van der Waals surface area contributed by atoms with Crippen molar-refractivity contribution in [2.45, 2.75) is 33.2 Å². The van der Waals surface area contributed by atoms with Gasteiger partial charge < -0.3 is 5.73 Å². The molecule has 0 saturated carbocycles. The smallest absolute Gasteiger partial charge is 0.0461 e. The van der Waals surface area contributed by atoms with E-state index in [-0.39, 0.29) is 0 Å². The summed E-state index contributed by atoms with van der Waals surface area (Å²) in [5, 5.41) is 0. The number of nitrogens with zero attached hydrogens (tertiary/aromatic N) is 1. The van der Waals surface area contributed by atoms with Crippen LogP contribution in [0.5, 0.6) is 0 Å². The summed E-state index contributed by atoms with van der Waals surface area (Å²) in [7, 11) is 0. The van der Waals surface area contributed by atoms with Crippen LogP contribution in [0, 0.1) is 0 Å². The van der Waals surface area contributed by atoms with Crippen molar-refractivity contribution in [1.29, 1.82) is 0 Å². The quantitative estimate of drug-likeness (QED) is 0.808. The van der Waals surface area contributed by atoms with Crippen LogP contribution >= 0.6 is 15.9 Å². The van der Waals surface area contributed by atoms with E-state index in [1.54, 1.807) is 0 Å². The van der Waals surface area contributed by atoms with Crippen LogP contribution in [0.15, 0.2) is 22.7 Å². The second-order valence-corrected chi connectivity index (χ2v) is 4.89. The van der Waals surface area contributed by atoms with Crippen LogP contribution in [-0.4, -0.2) is 18.0 Å². The summed E-state index contributed by atoms with van der Waals surface area (Å²) in [6.45, 7) is 7.71. The summed E-state index contributed by atoms with van der Waals surface area (Å²) < 4.78 is 1.05. The molecule has 0 heterocycles. The van der Waals surface area contributed by atoms with Gasteiger partial charge in [0.1, 0.15) is 0 Å². The van der Waals surface area contributed by atoms with Crippen LogP contribution in [0.4, 0.5) is 5.69 Å². The van der Waals surface area contributed by atoms with Crippen LogP contribution in [0.1, 0.15) is 32.3 Å². The van der Waals surface area contributed by atoms with Crippen molar-refractivity contribution in [1.82, 2.24) is 4.90 Å². The molecule has 16 heavy (non-hydrogen) atoms. The van der Waals surface area contributed by atoms with Gasteiger partial charge in [0.05, 0.1) is 0 Å². The Hall–Kier alpha value is -0.540. The molecule has 0 aliphatic heterocycles. The van der Waals surface area contributed by atoms with Gasteiger partial charge in [0.25, 0.3) is 0 Å². The summed E-state index contributed by atoms with van der Waals surface area (Å²) in [6, 6.07) is 6.09. The van der Waals surface area contributed by atoms with E-state index >= 15 is 0 Å². The molecule has 1 aromatic rings. The lowest BCUT2D eigenvalue weighted by Crippen LogP contribution is -2.25. The number of nitrogen functional groups attached to an aromatic ring is 1. The summed E-state index contributed by atoms with van der Waals surface area (Å²) >= 11 is 3.56. The summed E-state index contributed by atoms with van der Waals surface area (Å²) in [5.74, 6) is 0. The number of anilines is 1. The van der Waals surface area contributed by atoms with E-state index in [0.717, 1.165) is 29.8 Å². The van der Waals surface area contributed by atoms with Gasteiger partial charge in [-0.15, -0.1) is 0 Å². The Bertz CT molecular complexity index is 320. The van der Waals surface area contributed by atoms with Gasteiger partial charge in [0, 0.05) is 16.7 Å². The minimum absolute atomic E-state index is 0.824. The maximum atomic E-state index is 5.88. The lowest BCUT2D eigenvalue weighted by Gasteiger charge is -2.21. The van der Waals surface area contributed by atoms with Gasteiger partial charge >= 0.3 is 0 Å². The average Bonchev–Trinajstić information content (AvgIpc) is 2.25. The highest BCUT2D eigenvalue weighted by atomic mass is 79.9. The molecule has 0 radical (unpaired) electrons. The molecule has 0 saturated heterocycles. The van der Waals surface area contributed by atoms with Gasteiger partial charge in [-0.25, -0.2) is 0 Å². The Labute approximate surface area is 107 Å². The monoisotopic (exact) mass is 284 g/mol. The molecule has 0 bridgehead atoms. The fraction of sp³-hybridized carbons (Fsp3) is 0.538. The fourth-order valence-corrected chi connectivity index (χ4v) is 2.25. The molecule has 3 heteroatoms. The minimum Gasteiger partial charge on any atom is -0.398 e. The maximum Gasteiger partial charge on any atom is 0.0461 e. The molecule has 0 atom stereocenters. The number of benzene rings is 1. The Morgan fingerprint density at radius 2 is 1.81 bits per heavy atom. The topological polar surface area (TPSA) is 29.3 Å². The Morgan fingerprint density at radius 3 is 2.38 bits per heavy atom. The Morgan fingerprint density at radius 1 is 1.19 bits per heavy atom. The second-order valence-electron chi connectivity index (χ2n) is 4.10. The largest absolute Gasteiger partial charge is 0.398 e. The summed E-state index contributed by atoms with van der Waals surface area (Å²) in [6.07, 6.45) is 2.39. The van der Waals surface area contributed by atoms with E-state index in [0.29, 0.717) is 0 Å². The number of halogens is 1.